The lowest BCUT2D eigenvalue weighted by Crippen LogP contribution is -2.33. The van der Waals surface area contributed by atoms with Crippen molar-refractivity contribution in [1.29, 1.82) is 0 Å². The number of aryl methyl sites for hydroxylation is 1. The van der Waals surface area contributed by atoms with Crippen LogP contribution < -0.4 is 5.32 Å². The molecule has 1 heterocycles. The predicted molar refractivity (Wildman–Crippen MR) is 86.3 cm³/mol. The molecule has 2 rings (SSSR count). The van der Waals surface area contributed by atoms with Crippen molar-refractivity contribution in [2.24, 2.45) is 0 Å². The molecule has 20 heavy (non-hydrogen) atoms. The lowest BCUT2D eigenvalue weighted by atomic mass is 10.0. The molecule has 0 radical (unpaired) electrons. The Bertz CT molecular complexity index is 567. The molecule has 0 bridgehead atoms. The van der Waals surface area contributed by atoms with Gasteiger partial charge in [-0.15, -0.1) is 11.3 Å². The molecule has 0 saturated carbocycles. The SMILES string of the molecule is CCC(CC)NC(=O)c1sccc1-c1ccc(C)cc1. The number of carbonyl (C=O) groups excluding carboxylic acids is 1. The smallest absolute Gasteiger partial charge is 0.262 e. The summed E-state index contributed by atoms with van der Waals surface area (Å²) in [5, 5.41) is 5.09. The largest absolute Gasteiger partial charge is 0.349 e. The number of hydrogen-bond donors (Lipinski definition) is 1. The molecule has 106 valence electrons. The van der Waals surface area contributed by atoms with Crippen molar-refractivity contribution in [2.75, 3.05) is 0 Å². The summed E-state index contributed by atoms with van der Waals surface area (Å²) in [6.45, 7) is 6.27. The van der Waals surface area contributed by atoms with Crippen LogP contribution in [0.25, 0.3) is 11.1 Å². The van der Waals surface area contributed by atoms with E-state index in [4.69, 9.17) is 0 Å². The van der Waals surface area contributed by atoms with E-state index in [1.54, 1.807) is 0 Å². The van der Waals surface area contributed by atoms with Crippen molar-refractivity contribution in [1.82, 2.24) is 5.32 Å². The van der Waals surface area contributed by atoms with Crippen LogP contribution in [0.1, 0.15) is 41.9 Å². The zero-order chi connectivity index (χ0) is 14.5. The summed E-state index contributed by atoms with van der Waals surface area (Å²) in [5.74, 6) is 0.0456. The van der Waals surface area contributed by atoms with Gasteiger partial charge in [-0.1, -0.05) is 43.7 Å². The summed E-state index contributed by atoms with van der Waals surface area (Å²) < 4.78 is 0. The van der Waals surface area contributed by atoms with Gasteiger partial charge in [0.15, 0.2) is 0 Å². The van der Waals surface area contributed by atoms with Crippen LogP contribution in [0, 0.1) is 6.92 Å². The van der Waals surface area contributed by atoms with E-state index >= 15 is 0 Å². The Balaban J connectivity index is 2.24. The fourth-order valence-corrected chi connectivity index (χ4v) is 3.01. The third kappa shape index (κ3) is 3.28. The highest BCUT2D eigenvalue weighted by Gasteiger charge is 2.16. The Morgan fingerprint density at radius 1 is 1.15 bits per heavy atom. The fraction of sp³-hybridized carbons (Fsp3) is 0.353. The van der Waals surface area contributed by atoms with E-state index in [-0.39, 0.29) is 11.9 Å². The molecular formula is C17H21NOS. The van der Waals surface area contributed by atoms with E-state index in [1.807, 2.05) is 11.4 Å². The molecule has 1 aromatic heterocycles. The molecule has 0 fully saturated rings. The van der Waals surface area contributed by atoms with Gasteiger partial charge >= 0.3 is 0 Å². The molecule has 2 nitrogen and oxygen atoms in total. The first-order valence-corrected chi connectivity index (χ1v) is 7.99. The Morgan fingerprint density at radius 3 is 2.40 bits per heavy atom. The van der Waals surface area contributed by atoms with Crippen molar-refractivity contribution >= 4 is 17.2 Å². The minimum absolute atomic E-state index is 0.0456. The van der Waals surface area contributed by atoms with Gasteiger partial charge in [0.25, 0.3) is 5.91 Å². The van der Waals surface area contributed by atoms with E-state index in [1.165, 1.54) is 16.9 Å². The number of hydrogen-bond acceptors (Lipinski definition) is 2. The lowest BCUT2D eigenvalue weighted by molar-refractivity contribution is 0.0939. The van der Waals surface area contributed by atoms with E-state index in [0.717, 1.165) is 28.8 Å². The number of rotatable bonds is 5. The van der Waals surface area contributed by atoms with Gasteiger partial charge in [0, 0.05) is 11.6 Å². The average Bonchev–Trinajstić information content (AvgIpc) is 2.94. The van der Waals surface area contributed by atoms with Gasteiger partial charge < -0.3 is 5.32 Å². The minimum Gasteiger partial charge on any atom is -0.349 e. The van der Waals surface area contributed by atoms with Crippen molar-refractivity contribution < 1.29 is 4.79 Å². The first kappa shape index (κ1) is 14.8. The highest BCUT2D eigenvalue weighted by atomic mass is 32.1. The first-order valence-electron chi connectivity index (χ1n) is 7.11. The number of amides is 1. The van der Waals surface area contributed by atoms with Gasteiger partial charge in [0.2, 0.25) is 0 Å². The highest BCUT2D eigenvalue weighted by molar-refractivity contribution is 7.12. The molecule has 0 aliphatic rings. The van der Waals surface area contributed by atoms with Crippen molar-refractivity contribution in [2.45, 2.75) is 39.7 Å². The van der Waals surface area contributed by atoms with Crippen LogP contribution in [0.2, 0.25) is 0 Å². The van der Waals surface area contributed by atoms with E-state index in [2.05, 4.69) is 50.4 Å². The maximum atomic E-state index is 12.4. The minimum atomic E-state index is 0.0456. The molecule has 0 saturated heterocycles. The van der Waals surface area contributed by atoms with Gasteiger partial charge in [-0.2, -0.15) is 0 Å². The lowest BCUT2D eigenvalue weighted by Gasteiger charge is -2.14. The maximum absolute atomic E-state index is 12.4. The van der Waals surface area contributed by atoms with Crippen molar-refractivity contribution in [3.63, 3.8) is 0 Å². The molecule has 1 amide bonds. The standard InChI is InChI=1S/C17H21NOS/c1-4-14(5-2)18-17(19)16-15(10-11-20-16)13-8-6-12(3)7-9-13/h6-11,14H,4-5H2,1-3H3,(H,18,19). The van der Waals surface area contributed by atoms with Crippen LogP contribution >= 0.6 is 11.3 Å². The van der Waals surface area contributed by atoms with Gasteiger partial charge in [0.05, 0.1) is 4.88 Å². The van der Waals surface area contributed by atoms with Crippen LogP contribution in [-0.4, -0.2) is 11.9 Å². The average molecular weight is 287 g/mol. The van der Waals surface area contributed by atoms with Crippen molar-refractivity contribution in [3.8, 4) is 11.1 Å². The van der Waals surface area contributed by atoms with Crippen LogP contribution in [0.15, 0.2) is 35.7 Å². The topological polar surface area (TPSA) is 29.1 Å². The Morgan fingerprint density at radius 2 is 1.80 bits per heavy atom. The van der Waals surface area contributed by atoms with Crippen molar-refractivity contribution in [3.05, 3.63) is 46.2 Å². The molecule has 0 atom stereocenters. The van der Waals surface area contributed by atoms with E-state index < -0.39 is 0 Å². The second-order valence-corrected chi connectivity index (χ2v) is 5.93. The van der Waals surface area contributed by atoms with Gasteiger partial charge in [0.1, 0.15) is 0 Å². The molecular weight excluding hydrogens is 266 g/mol. The zero-order valence-corrected chi connectivity index (χ0v) is 13.1. The van der Waals surface area contributed by atoms with Crippen LogP contribution in [0.5, 0.6) is 0 Å². The highest BCUT2D eigenvalue weighted by Crippen LogP contribution is 2.28. The first-order chi connectivity index (χ1) is 9.65. The van der Waals surface area contributed by atoms with Gasteiger partial charge in [-0.3, -0.25) is 4.79 Å². The third-order valence-corrected chi connectivity index (χ3v) is 4.47. The summed E-state index contributed by atoms with van der Waals surface area (Å²) in [4.78, 5) is 13.2. The Hall–Kier alpha value is -1.61. The van der Waals surface area contributed by atoms with Crippen LogP contribution in [0.4, 0.5) is 0 Å². The van der Waals surface area contributed by atoms with Crippen LogP contribution in [0.3, 0.4) is 0 Å². The van der Waals surface area contributed by atoms with Gasteiger partial charge in [-0.25, -0.2) is 0 Å². The quantitative estimate of drug-likeness (QED) is 0.852. The zero-order valence-electron chi connectivity index (χ0n) is 12.3. The molecule has 1 aromatic carbocycles. The fourth-order valence-electron chi connectivity index (χ4n) is 2.19. The van der Waals surface area contributed by atoms with E-state index in [0.29, 0.717) is 0 Å². The number of thiophene rings is 1. The monoisotopic (exact) mass is 287 g/mol. The summed E-state index contributed by atoms with van der Waals surface area (Å²) >= 11 is 1.51. The number of carbonyl (C=O) groups is 1. The van der Waals surface area contributed by atoms with E-state index in [9.17, 15) is 4.79 Å². The van der Waals surface area contributed by atoms with Crippen LogP contribution in [-0.2, 0) is 0 Å². The predicted octanol–water partition coefficient (Wildman–Crippen LogP) is 4.64. The summed E-state index contributed by atoms with van der Waals surface area (Å²) in [6.07, 6.45) is 1.93. The normalized spacial score (nSPS) is 10.8. The van der Waals surface area contributed by atoms with Gasteiger partial charge in [-0.05, 0) is 36.8 Å². The number of nitrogens with one attached hydrogen (secondary N) is 1. The second-order valence-electron chi connectivity index (χ2n) is 5.02. The molecule has 2 aromatic rings. The Labute approximate surface area is 124 Å². The summed E-state index contributed by atoms with van der Waals surface area (Å²) in [6, 6.07) is 10.6. The maximum Gasteiger partial charge on any atom is 0.262 e. The third-order valence-electron chi connectivity index (χ3n) is 3.55. The summed E-state index contributed by atoms with van der Waals surface area (Å²) in [7, 11) is 0. The molecule has 0 unspecified atom stereocenters. The molecule has 0 aliphatic heterocycles. The molecule has 1 N–H and O–H groups in total. The number of benzene rings is 1. The molecule has 3 heteroatoms. The molecule has 0 spiro atoms. The Kier molecular flexibility index (Phi) is 4.96. The second kappa shape index (κ2) is 6.71. The summed E-state index contributed by atoms with van der Waals surface area (Å²) in [5.41, 5.74) is 3.36. The molecule has 0 aliphatic carbocycles.